The number of carbonyl (C=O) groups is 1. The van der Waals surface area contributed by atoms with Crippen LogP contribution in [0.3, 0.4) is 0 Å². The van der Waals surface area contributed by atoms with E-state index in [1.54, 1.807) is 19.2 Å². The Morgan fingerprint density at radius 3 is 2.62 bits per heavy atom. The first kappa shape index (κ1) is 19.6. The van der Waals surface area contributed by atoms with E-state index in [2.05, 4.69) is 15.3 Å². The summed E-state index contributed by atoms with van der Waals surface area (Å²) in [4.78, 5) is 20.1. The van der Waals surface area contributed by atoms with Crippen LogP contribution in [-0.4, -0.2) is 41.7 Å². The van der Waals surface area contributed by atoms with Crippen LogP contribution in [-0.2, 0) is 10.0 Å². The van der Waals surface area contributed by atoms with Crippen LogP contribution >= 0.6 is 0 Å². The van der Waals surface area contributed by atoms with Crippen molar-refractivity contribution in [1.82, 2.24) is 14.3 Å². The van der Waals surface area contributed by atoms with Crippen molar-refractivity contribution in [1.29, 1.82) is 0 Å². The number of carbonyl (C=O) groups excluding carboxylic acids is 1. The quantitative estimate of drug-likeness (QED) is 0.667. The number of rotatable bonds is 5. The van der Waals surface area contributed by atoms with E-state index in [1.807, 2.05) is 24.3 Å². The van der Waals surface area contributed by atoms with E-state index < -0.39 is 15.9 Å². The molecule has 0 unspecified atom stereocenters. The molecular formula is C21H24N4O3S. The van der Waals surface area contributed by atoms with E-state index in [0.29, 0.717) is 5.95 Å². The normalized spacial score (nSPS) is 15.7. The first-order valence-corrected chi connectivity index (χ1v) is 11.2. The van der Waals surface area contributed by atoms with Crippen molar-refractivity contribution in [2.45, 2.75) is 43.0 Å². The first-order valence-electron chi connectivity index (χ1n) is 9.79. The Morgan fingerprint density at radius 1 is 1.10 bits per heavy atom. The molecule has 1 aromatic heterocycles. The molecular weight excluding hydrogens is 388 g/mol. The Hall–Kier alpha value is -2.71. The van der Waals surface area contributed by atoms with Crippen LogP contribution in [0, 0.1) is 0 Å². The number of benzene rings is 2. The van der Waals surface area contributed by atoms with Crippen molar-refractivity contribution in [3.63, 3.8) is 0 Å². The smallest absolute Gasteiger partial charge is 0.258 e. The van der Waals surface area contributed by atoms with Gasteiger partial charge in [-0.1, -0.05) is 37.5 Å². The van der Waals surface area contributed by atoms with E-state index in [0.717, 1.165) is 43.1 Å². The molecule has 0 spiro atoms. The third-order valence-corrected chi connectivity index (χ3v) is 7.39. The maximum atomic E-state index is 13.1. The lowest BCUT2D eigenvalue weighted by Crippen LogP contribution is -2.38. The van der Waals surface area contributed by atoms with Gasteiger partial charge in [-0.15, -0.1) is 0 Å². The molecule has 2 N–H and O–H groups in total. The van der Waals surface area contributed by atoms with Crippen molar-refractivity contribution >= 4 is 32.9 Å². The predicted molar refractivity (Wildman–Crippen MR) is 112 cm³/mol. The van der Waals surface area contributed by atoms with Crippen molar-refractivity contribution in [3.8, 4) is 0 Å². The highest BCUT2D eigenvalue weighted by Gasteiger charge is 2.29. The molecule has 152 valence electrons. The molecule has 29 heavy (non-hydrogen) atoms. The second kappa shape index (κ2) is 7.96. The van der Waals surface area contributed by atoms with E-state index in [-0.39, 0.29) is 16.5 Å². The summed E-state index contributed by atoms with van der Waals surface area (Å²) in [5.41, 5.74) is 1.82. The number of amides is 1. The van der Waals surface area contributed by atoms with Crippen LogP contribution in [0.25, 0.3) is 11.0 Å². The first-order chi connectivity index (χ1) is 13.9. The summed E-state index contributed by atoms with van der Waals surface area (Å²) in [6.07, 6.45) is 5.00. The number of H-pyrrole nitrogens is 1. The Kier molecular flexibility index (Phi) is 5.38. The van der Waals surface area contributed by atoms with E-state index in [9.17, 15) is 13.2 Å². The van der Waals surface area contributed by atoms with Gasteiger partial charge in [-0.2, -0.15) is 4.31 Å². The molecule has 4 rings (SSSR count). The Bertz CT molecular complexity index is 1100. The fraction of sp³-hybridized carbons (Fsp3) is 0.333. The summed E-state index contributed by atoms with van der Waals surface area (Å²) in [5, 5.41) is 2.70. The molecule has 1 heterocycles. The van der Waals surface area contributed by atoms with Gasteiger partial charge in [0, 0.05) is 18.7 Å². The molecule has 1 saturated carbocycles. The molecule has 1 aliphatic rings. The van der Waals surface area contributed by atoms with Gasteiger partial charge < -0.3 is 4.98 Å². The topological polar surface area (TPSA) is 95.2 Å². The van der Waals surface area contributed by atoms with Crippen LogP contribution in [0.15, 0.2) is 53.4 Å². The SMILES string of the molecule is CN(C1CCCCC1)S(=O)(=O)c1cccc(C(=O)Nc2nc3ccccc3[nH]2)c1. The predicted octanol–water partition coefficient (Wildman–Crippen LogP) is 3.77. The third kappa shape index (κ3) is 4.04. The second-order valence-electron chi connectivity index (χ2n) is 7.40. The Labute approximate surface area is 170 Å². The number of imidazole rings is 1. The molecule has 0 atom stereocenters. The van der Waals surface area contributed by atoms with Gasteiger partial charge >= 0.3 is 0 Å². The van der Waals surface area contributed by atoms with E-state index in [4.69, 9.17) is 0 Å². The van der Waals surface area contributed by atoms with Crippen molar-refractivity contribution in [2.24, 2.45) is 0 Å². The Balaban J connectivity index is 1.54. The van der Waals surface area contributed by atoms with Crippen LogP contribution in [0.2, 0.25) is 0 Å². The van der Waals surface area contributed by atoms with E-state index >= 15 is 0 Å². The number of fused-ring (bicyclic) bond motifs is 1. The fourth-order valence-corrected chi connectivity index (χ4v) is 5.26. The highest BCUT2D eigenvalue weighted by atomic mass is 32.2. The summed E-state index contributed by atoms with van der Waals surface area (Å²) < 4.78 is 27.6. The average molecular weight is 413 g/mol. The number of nitrogens with zero attached hydrogens (tertiary/aromatic N) is 2. The van der Waals surface area contributed by atoms with Gasteiger partial charge in [0.25, 0.3) is 5.91 Å². The molecule has 0 radical (unpaired) electrons. The van der Waals surface area contributed by atoms with Crippen molar-refractivity contribution in [3.05, 3.63) is 54.1 Å². The molecule has 7 nitrogen and oxygen atoms in total. The number of aromatic nitrogens is 2. The minimum atomic E-state index is -3.66. The van der Waals surface area contributed by atoms with Gasteiger partial charge in [-0.05, 0) is 43.2 Å². The number of anilines is 1. The van der Waals surface area contributed by atoms with Crippen LogP contribution in [0.4, 0.5) is 5.95 Å². The van der Waals surface area contributed by atoms with Crippen molar-refractivity contribution < 1.29 is 13.2 Å². The second-order valence-corrected chi connectivity index (χ2v) is 9.40. The molecule has 0 aliphatic heterocycles. The molecule has 0 bridgehead atoms. The molecule has 2 aromatic carbocycles. The van der Waals surface area contributed by atoms with Gasteiger partial charge in [0.15, 0.2) is 0 Å². The van der Waals surface area contributed by atoms with Gasteiger partial charge in [0.2, 0.25) is 16.0 Å². The molecule has 0 saturated heterocycles. The lowest BCUT2D eigenvalue weighted by molar-refractivity contribution is 0.102. The van der Waals surface area contributed by atoms with Crippen LogP contribution < -0.4 is 5.32 Å². The van der Waals surface area contributed by atoms with Gasteiger partial charge in [-0.25, -0.2) is 13.4 Å². The van der Waals surface area contributed by atoms with Gasteiger partial charge in [0.1, 0.15) is 0 Å². The van der Waals surface area contributed by atoms with Gasteiger partial charge in [0.05, 0.1) is 15.9 Å². The molecule has 1 aliphatic carbocycles. The largest absolute Gasteiger partial charge is 0.324 e. The summed E-state index contributed by atoms with van der Waals surface area (Å²) in [5.74, 6) is -0.0924. The summed E-state index contributed by atoms with van der Waals surface area (Å²) in [6, 6.07) is 13.6. The molecule has 1 fully saturated rings. The lowest BCUT2D eigenvalue weighted by atomic mass is 9.96. The zero-order chi connectivity index (χ0) is 20.4. The number of nitrogens with one attached hydrogen (secondary N) is 2. The number of hydrogen-bond donors (Lipinski definition) is 2. The van der Waals surface area contributed by atoms with E-state index in [1.165, 1.54) is 16.4 Å². The molecule has 8 heteroatoms. The maximum Gasteiger partial charge on any atom is 0.258 e. The zero-order valence-electron chi connectivity index (χ0n) is 16.3. The molecule has 3 aromatic rings. The highest BCUT2D eigenvalue weighted by Crippen LogP contribution is 2.27. The summed E-state index contributed by atoms with van der Waals surface area (Å²) in [6.45, 7) is 0. The number of para-hydroxylation sites is 2. The Morgan fingerprint density at radius 2 is 1.86 bits per heavy atom. The maximum absolute atomic E-state index is 13.1. The fourth-order valence-electron chi connectivity index (χ4n) is 3.80. The minimum Gasteiger partial charge on any atom is -0.324 e. The number of aromatic amines is 1. The lowest BCUT2D eigenvalue weighted by Gasteiger charge is -2.30. The number of hydrogen-bond acceptors (Lipinski definition) is 4. The average Bonchev–Trinajstić information content (AvgIpc) is 3.16. The monoisotopic (exact) mass is 412 g/mol. The van der Waals surface area contributed by atoms with Crippen molar-refractivity contribution in [2.75, 3.05) is 12.4 Å². The number of sulfonamides is 1. The molecule has 1 amide bonds. The van der Waals surface area contributed by atoms with Crippen LogP contribution in [0.1, 0.15) is 42.5 Å². The zero-order valence-corrected chi connectivity index (χ0v) is 17.1. The third-order valence-electron chi connectivity index (χ3n) is 5.48. The van der Waals surface area contributed by atoms with Crippen LogP contribution in [0.5, 0.6) is 0 Å². The minimum absolute atomic E-state index is 0.0155. The van der Waals surface area contributed by atoms with Gasteiger partial charge in [-0.3, -0.25) is 10.1 Å². The summed E-state index contributed by atoms with van der Waals surface area (Å²) >= 11 is 0. The standard InChI is InChI=1S/C21H24N4O3S/c1-25(16-9-3-2-4-10-16)29(27,28)17-11-7-8-15(14-17)20(26)24-21-22-18-12-5-6-13-19(18)23-21/h5-8,11-14,16H,2-4,9-10H2,1H3,(H2,22,23,24,26). The summed E-state index contributed by atoms with van der Waals surface area (Å²) in [7, 11) is -2.03. The highest BCUT2D eigenvalue weighted by molar-refractivity contribution is 7.89.